The van der Waals surface area contributed by atoms with Crippen molar-refractivity contribution in [2.75, 3.05) is 11.9 Å². The standard InChI is InChI=1S/C22H19N3O3/c1-15-23-22(28-25-15)13-18-8-4-5-9-20(18)24-21(26)14-27-19-11-10-16-6-2-3-7-17(16)12-19/h2-12H,13-14H2,1H3,(H,24,26). The Morgan fingerprint density at radius 3 is 2.64 bits per heavy atom. The van der Waals surface area contributed by atoms with Crippen LogP contribution < -0.4 is 10.1 Å². The molecule has 1 amide bonds. The molecule has 0 radical (unpaired) electrons. The second-order valence-corrected chi connectivity index (χ2v) is 6.42. The fourth-order valence-electron chi connectivity index (χ4n) is 2.96. The summed E-state index contributed by atoms with van der Waals surface area (Å²) in [5.74, 6) is 1.51. The summed E-state index contributed by atoms with van der Waals surface area (Å²) in [6.45, 7) is 1.69. The van der Waals surface area contributed by atoms with E-state index in [0.29, 0.717) is 29.6 Å². The molecule has 0 bridgehead atoms. The number of carbonyl (C=O) groups excluding carboxylic acids is 1. The van der Waals surface area contributed by atoms with Gasteiger partial charge in [0.25, 0.3) is 5.91 Å². The number of para-hydroxylation sites is 1. The molecular formula is C22H19N3O3. The van der Waals surface area contributed by atoms with E-state index in [2.05, 4.69) is 15.5 Å². The van der Waals surface area contributed by atoms with E-state index in [9.17, 15) is 4.79 Å². The van der Waals surface area contributed by atoms with Gasteiger partial charge in [0.2, 0.25) is 5.89 Å². The van der Waals surface area contributed by atoms with Gasteiger partial charge in [-0.25, -0.2) is 0 Å². The second-order valence-electron chi connectivity index (χ2n) is 6.42. The first kappa shape index (κ1) is 17.7. The smallest absolute Gasteiger partial charge is 0.262 e. The summed E-state index contributed by atoms with van der Waals surface area (Å²) in [4.78, 5) is 16.6. The van der Waals surface area contributed by atoms with Gasteiger partial charge in [-0.05, 0) is 41.5 Å². The number of amides is 1. The number of nitrogens with zero attached hydrogens (tertiary/aromatic N) is 2. The molecule has 0 saturated carbocycles. The maximum Gasteiger partial charge on any atom is 0.262 e. The van der Waals surface area contributed by atoms with Crippen molar-refractivity contribution in [2.45, 2.75) is 13.3 Å². The number of rotatable bonds is 6. The highest BCUT2D eigenvalue weighted by Gasteiger charge is 2.11. The quantitative estimate of drug-likeness (QED) is 0.550. The number of benzene rings is 3. The van der Waals surface area contributed by atoms with Crippen molar-refractivity contribution in [1.29, 1.82) is 0 Å². The zero-order chi connectivity index (χ0) is 19.3. The van der Waals surface area contributed by atoms with Crippen LogP contribution in [0, 0.1) is 6.92 Å². The molecule has 1 heterocycles. The lowest BCUT2D eigenvalue weighted by atomic mass is 10.1. The zero-order valence-electron chi connectivity index (χ0n) is 15.4. The number of fused-ring (bicyclic) bond motifs is 1. The van der Waals surface area contributed by atoms with E-state index in [1.54, 1.807) is 6.92 Å². The predicted molar refractivity (Wildman–Crippen MR) is 106 cm³/mol. The molecule has 3 aromatic carbocycles. The molecule has 0 aliphatic rings. The fourth-order valence-corrected chi connectivity index (χ4v) is 2.96. The lowest BCUT2D eigenvalue weighted by Crippen LogP contribution is -2.21. The SMILES string of the molecule is Cc1noc(Cc2ccccc2NC(=O)COc2ccc3ccccc3c2)n1. The summed E-state index contributed by atoms with van der Waals surface area (Å²) in [5.41, 5.74) is 1.59. The number of nitrogens with one attached hydrogen (secondary N) is 1. The van der Waals surface area contributed by atoms with Crippen molar-refractivity contribution >= 4 is 22.4 Å². The Hall–Kier alpha value is -3.67. The van der Waals surface area contributed by atoms with Crippen LogP contribution in [0.2, 0.25) is 0 Å². The summed E-state index contributed by atoms with van der Waals surface area (Å²) in [5, 5.41) is 8.88. The normalized spacial score (nSPS) is 10.8. The van der Waals surface area contributed by atoms with Crippen molar-refractivity contribution in [3.05, 3.63) is 84.0 Å². The van der Waals surface area contributed by atoms with Crippen molar-refractivity contribution in [3.8, 4) is 5.75 Å². The molecule has 0 aliphatic carbocycles. The van der Waals surface area contributed by atoms with Gasteiger partial charge in [-0.3, -0.25) is 4.79 Å². The topological polar surface area (TPSA) is 77.2 Å². The van der Waals surface area contributed by atoms with Gasteiger partial charge in [0, 0.05) is 5.69 Å². The number of aryl methyl sites for hydroxylation is 1. The molecule has 28 heavy (non-hydrogen) atoms. The summed E-state index contributed by atoms with van der Waals surface area (Å²) >= 11 is 0. The minimum absolute atomic E-state index is 0.0770. The molecule has 6 nitrogen and oxygen atoms in total. The molecule has 0 fully saturated rings. The first-order valence-electron chi connectivity index (χ1n) is 8.96. The Bertz CT molecular complexity index is 1120. The summed E-state index contributed by atoms with van der Waals surface area (Å²) in [6.07, 6.45) is 0.447. The molecule has 140 valence electrons. The van der Waals surface area contributed by atoms with Gasteiger partial charge in [-0.1, -0.05) is 53.7 Å². The fraction of sp³-hybridized carbons (Fsp3) is 0.136. The van der Waals surface area contributed by atoms with Crippen LogP contribution in [0.25, 0.3) is 10.8 Å². The van der Waals surface area contributed by atoms with Crippen molar-refractivity contribution in [3.63, 3.8) is 0 Å². The van der Waals surface area contributed by atoms with E-state index in [4.69, 9.17) is 9.26 Å². The monoisotopic (exact) mass is 373 g/mol. The van der Waals surface area contributed by atoms with Gasteiger partial charge >= 0.3 is 0 Å². The first-order chi connectivity index (χ1) is 13.7. The highest BCUT2D eigenvalue weighted by atomic mass is 16.5. The van der Waals surface area contributed by atoms with E-state index < -0.39 is 0 Å². The van der Waals surface area contributed by atoms with Crippen molar-refractivity contribution in [2.24, 2.45) is 0 Å². The third-order valence-corrected chi connectivity index (χ3v) is 4.29. The highest BCUT2D eigenvalue weighted by Crippen LogP contribution is 2.21. The lowest BCUT2D eigenvalue weighted by Gasteiger charge is -2.11. The van der Waals surface area contributed by atoms with Gasteiger partial charge in [0.05, 0.1) is 6.42 Å². The molecule has 1 N–H and O–H groups in total. The summed E-state index contributed by atoms with van der Waals surface area (Å²) in [6, 6.07) is 21.3. The average Bonchev–Trinajstić information content (AvgIpc) is 3.12. The zero-order valence-corrected chi connectivity index (χ0v) is 15.4. The molecule has 0 saturated heterocycles. The molecule has 0 spiro atoms. The highest BCUT2D eigenvalue weighted by molar-refractivity contribution is 5.92. The molecule has 4 aromatic rings. The molecule has 1 aromatic heterocycles. The third kappa shape index (κ3) is 4.17. The van der Waals surface area contributed by atoms with Crippen molar-refractivity contribution in [1.82, 2.24) is 10.1 Å². The maximum absolute atomic E-state index is 12.4. The minimum Gasteiger partial charge on any atom is -0.484 e. The number of aromatic nitrogens is 2. The Morgan fingerprint density at radius 1 is 1.04 bits per heavy atom. The number of hydrogen-bond donors (Lipinski definition) is 1. The minimum atomic E-state index is -0.234. The molecule has 0 unspecified atom stereocenters. The van der Waals surface area contributed by atoms with E-state index in [1.165, 1.54) is 0 Å². The van der Waals surface area contributed by atoms with Gasteiger partial charge in [-0.15, -0.1) is 0 Å². The van der Waals surface area contributed by atoms with Crippen LogP contribution in [-0.4, -0.2) is 22.7 Å². The van der Waals surface area contributed by atoms with Gasteiger partial charge in [-0.2, -0.15) is 4.98 Å². The van der Waals surface area contributed by atoms with Crippen LogP contribution in [-0.2, 0) is 11.2 Å². The van der Waals surface area contributed by atoms with Crippen LogP contribution in [0.4, 0.5) is 5.69 Å². The number of anilines is 1. The second kappa shape index (κ2) is 7.92. The molecule has 6 heteroatoms. The Kier molecular flexibility index (Phi) is 5.01. The van der Waals surface area contributed by atoms with Crippen LogP contribution >= 0.6 is 0 Å². The van der Waals surface area contributed by atoms with Crippen LogP contribution in [0.15, 0.2) is 71.3 Å². The van der Waals surface area contributed by atoms with Crippen LogP contribution in [0.3, 0.4) is 0 Å². The predicted octanol–water partition coefficient (Wildman–Crippen LogP) is 4.14. The number of hydrogen-bond acceptors (Lipinski definition) is 5. The van der Waals surface area contributed by atoms with Crippen molar-refractivity contribution < 1.29 is 14.1 Å². The largest absolute Gasteiger partial charge is 0.484 e. The van der Waals surface area contributed by atoms with E-state index >= 15 is 0 Å². The average molecular weight is 373 g/mol. The number of carbonyl (C=O) groups is 1. The molecule has 0 aliphatic heterocycles. The third-order valence-electron chi connectivity index (χ3n) is 4.29. The maximum atomic E-state index is 12.4. The lowest BCUT2D eigenvalue weighted by molar-refractivity contribution is -0.118. The summed E-state index contributed by atoms with van der Waals surface area (Å²) in [7, 11) is 0. The van der Waals surface area contributed by atoms with E-state index in [1.807, 2.05) is 66.7 Å². The Balaban J connectivity index is 1.40. The van der Waals surface area contributed by atoms with Crippen LogP contribution in [0.5, 0.6) is 5.75 Å². The molecular weight excluding hydrogens is 354 g/mol. The Morgan fingerprint density at radius 2 is 1.82 bits per heavy atom. The summed E-state index contributed by atoms with van der Waals surface area (Å²) < 4.78 is 10.8. The van der Waals surface area contributed by atoms with Gasteiger partial charge < -0.3 is 14.6 Å². The van der Waals surface area contributed by atoms with Crippen LogP contribution in [0.1, 0.15) is 17.3 Å². The van der Waals surface area contributed by atoms with E-state index in [0.717, 1.165) is 16.3 Å². The van der Waals surface area contributed by atoms with Gasteiger partial charge in [0.15, 0.2) is 12.4 Å². The first-order valence-corrected chi connectivity index (χ1v) is 8.96. The molecule has 0 atom stereocenters. The Labute approximate surface area is 162 Å². The molecule has 4 rings (SSSR count). The van der Waals surface area contributed by atoms with Gasteiger partial charge in [0.1, 0.15) is 5.75 Å². The number of ether oxygens (including phenoxy) is 1. The van der Waals surface area contributed by atoms with E-state index in [-0.39, 0.29) is 12.5 Å².